The summed E-state index contributed by atoms with van der Waals surface area (Å²) in [6.45, 7) is 1.99. The molecule has 1 heterocycles. The second-order valence-corrected chi connectivity index (χ2v) is 5.03. The lowest BCUT2D eigenvalue weighted by molar-refractivity contribution is 0.0990. The second kappa shape index (κ2) is 4.33. The summed E-state index contributed by atoms with van der Waals surface area (Å²) < 4.78 is 1.17. The highest BCUT2D eigenvalue weighted by atomic mass is 35.5. The van der Waals surface area contributed by atoms with Gasteiger partial charge in [-0.05, 0) is 13.0 Å². The van der Waals surface area contributed by atoms with Gasteiger partial charge in [-0.2, -0.15) is 0 Å². The molecule has 0 aliphatic heterocycles. The van der Waals surface area contributed by atoms with Crippen molar-refractivity contribution in [2.45, 2.75) is 13.3 Å². The summed E-state index contributed by atoms with van der Waals surface area (Å²) in [5.41, 5.74) is 0.858. The Labute approximate surface area is 97.7 Å². The Bertz CT molecular complexity index is 501. The van der Waals surface area contributed by atoms with E-state index >= 15 is 0 Å². The third kappa shape index (κ3) is 1.92. The fraction of sp³-hybridized carbons (Fsp3) is 0.250. The quantitative estimate of drug-likeness (QED) is 0.583. The van der Waals surface area contributed by atoms with Crippen molar-refractivity contribution in [2.24, 2.45) is 0 Å². The van der Waals surface area contributed by atoms with Crippen LogP contribution in [0.2, 0.25) is 0 Å². The number of halogens is 1. The zero-order chi connectivity index (χ0) is 10.8. The van der Waals surface area contributed by atoms with E-state index in [0.29, 0.717) is 12.3 Å². The van der Waals surface area contributed by atoms with E-state index in [1.54, 1.807) is 11.3 Å². The van der Waals surface area contributed by atoms with E-state index in [0.717, 1.165) is 15.8 Å². The van der Waals surface area contributed by atoms with E-state index in [4.69, 9.17) is 11.6 Å². The van der Waals surface area contributed by atoms with Crippen molar-refractivity contribution in [3.8, 4) is 0 Å². The van der Waals surface area contributed by atoms with E-state index in [9.17, 15) is 4.79 Å². The SMILES string of the molecule is Cc1sc2ccccc2c1C(=O)CCCl. The minimum absolute atomic E-state index is 0.153. The first-order valence-electron chi connectivity index (χ1n) is 4.81. The fourth-order valence-corrected chi connectivity index (χ4v) is 2.98. The molecule has 1 nitrogen and oxygen atoms in total. The Hall–Kier alpha value is -0.860. The lowest BCUT2D eigenvalue weighted by atomic mass is 10.1. The minimum Gasteiger partial charge on any atom is -0.294 e. The molecule has 0 saturated heterocycles. The molecule has 3 heteroatoms. The molecule has 0 fully saturated rings. The van der Waals surface area contributed by atoms with Crippen LogP contribution in [0.3, 0.4) is 0 Å². The number of carbonyl (C=O) groups excluding carboxylic acids is 1. The topological polar surface area (TPSA) is 17.1 Å². The molecule has 0 unspecified atom stereocenters. The lowest BCUT2D eigenvalue weighted by Gasteiger charge is -1.98. The summed E-state index contributed by atoms with van der Waals surface area (Å²) in [5, 5.41) is 1.06. The van der Waals surface area contributed by atoms with Crippen molar-refractivity contribution < 1.29 is 4.79 Å². The first kappa shape index (κ1) is 10.7. The van der Waals surface area contributed by atoms with Crippen molar-refractivity contribution in [3.05, 3.63) is 34.7 Å². The average molecular weight is 239 g/mol. The molecule has 0 spiro atoms. The van der Waals surface area contributed by atoms with Gasteiger partial charge in [0.15, 0.2) is 5.78 Å². The van der Waals surface area contributed by atoms with Gasteiger partial charge in [0.25, 0.3) is 0 Å². The van der Waals surface area contributed by atoms with Gasteiger partial charge in [0.2, 0.25) is 0 Å². The summed E-state index contributed by atoms with van der Waals surface area (Å²) in [5.74, 6) is 0.544. The molecule has 15 heavy (non-hydrogen) atoms. The number of fused-ring (bicyclic) bond motifs is 1. The molecule has 0 atom stereocenters. The molecule has 0 bridgehead atoms. The van der Waals surface area contributed by atoms with Crippen molar-refractivity contribution in [3.63, 3.8) is 0 Å². The predicted molar refractivity (Wildman–Crippen MR) is 66.2 cm³/mol. The van der Waals surface area contributed by atoms with Crippen LogP contribution in [0.1, 0.15) is 21.7 Å². The number of alkyl halides is 1. The van der Waals surface area contributed by atoms with Gasteiger partial charge in [0, 0.05) is 32.8 Å². The maximum atomic E-state index is 11.9. The Morgan fingerprint density at radius 1 is 1.40 bits per heavy atom. The fourth-order valence-electron chi connectivity index (χ4n) is 1.73. The van der Waals surface area contributed by atoms with Gasteiger partial charge in [0.05, 0.1) is 0 Å². The smallest absolute Gasteiger partial charge is 0.165 e. The molecule has 2 aromatic rings. The number of ketones is 1. The van der Waals surface area contributed by atoms with Gasteiger partial charge in [0.1, 0.15) is 0 Å². The van der Waals surface area contributed by atoms with Crippen LogP contribution in [0.15, 0.2) is 24.3 Å². The molecule has 2 rings (SSSR count). The molecule has 0 saturated carbocycles. The average Bonchev–Trinajstić information content (AvgIpc) is 2.54. The first-order valence-corrected chi connectivity index (χ1v) is 6.16. The first-order chi connectivity index (χ1) is 7.24. The number of rotatable bonds is 3. The largest absolute Gasteiger partial charge is 0.294 e. The van der Waals surface area contributed by atoms with Crippen LogP contribution in [0.4, 0.5) is 0 Å². The van der Waals surface area contributed by atoms with Gasteiger partial charge in [-0.15, -0.1) is 22.9 Å². The minimum atomic E-state index is 0.153. The highest BCUT2D eigenvalue weighted by Crippen LogP contribution is 2.31. The van der Waals surface area contributed by atoms with Crippen LogP contribution in [0, 0.1) is 6.92 Å². The molecule has 78 valence electrons. The molecule has 0 aliphatic carbocycles. The molecule has 0 aliphatic rings. The normalized spacial score (nSPS) is 10.8. The third-order valence-electron chi connectivity index (χ3n) is 2.37. The van der Waals surface area contributed by atoms with Gasteiger partial charge >= 0.3 is 0 Å². The lowest BCUT2D eigenvalue weighted by Crippen LogP contribution is -2.00. The van der Waals surface area contributed by atoms with Crippen LogP contribution >= 0.6 is 22.9 Å². The second-order valence-electron chi connectivity index (χ2n) is 3.39. The van der Waals surface area contributed by atoms with Crippen LogP contribution in [0.25, 0.3) is 10.1 Å². The molecule has 0 N–H and O–H groups in total. The number of benzene rings is 1. The van der Waals surface area contributed by atoms with Crippen molar-refractivity contribution in [1.82, 2.24) is 0 Å². The van der Waals surface area contributed by atoms with Crippen molar-refractivity contribution >= 4 is 38.8 Å². The van der Waals surface area contributed by atoms with Crippen LogP contribution < -0.4 is 0 Å². The van der Waals surface area contributed by atoms with Gasteiger partial charge in [-0.3, -0.25) is 4.79 Å². The number of hydrogen-bond donors (Lipinski definition) is 0. The van der Waals surface area contributed by atoms with Crippen LogP contribution in [0.5, 0.6) is 0 Å². The number of hydrogen-bond acceptors (Lipinski definition) is 2. The monoisotopic (exact) mass is 238 g/mol. The van der Waals surface area contributed by atoms with E-state index in [1.165, 1.54) is 4.70 Å². The highest BCUT2D eigenvalue weighted by molar-refractivity contribution is 7.19. The molecule has 1 aromatic heterocycles. The molecular formula is C12H11ClOS. The predicted octanol–water partition coefficient (Wildman–Crippen LogP) is 4.02. The summed E-state index contributed by atoms with van der Waals surface area (Å²) in [7, 11) is 0. The number of Topliss-reactive ketones (excluding diaryl/α,β-unsaturated/α-hetero) is 1. The highest BCUT2D eigenvalue weighted by Gasteiger charge is 2.14. The Balaban J connectivity index is 2.58. The maximum absolute atomic E-state index is 11.9. The summed E-state index contributed by atoms with van der Waals surface area (Å²) in [6, 6.07) is 8.00. The van der Waals surface area contributed by atoms with Gasteiger partial charge < -0.3 is 0 Å². The molecule has 0 radical (unpaired) electrons. The van der Waals surface area contributed by atoms with Crippen LogP contribution in [-0.2, 0) is 0 Å². The number of carbonyl (C=O) groups is 1. The maximum Gasteiger partial charge on any atom is 0.165 e. The van der Waals surface area contributed by atoms with E-state index in [1.807, 2.05) is 31.2 Å². The Kier molecular flexibility index (Phi) is 3.08. The Morgan fingerprint density at radius 2 is 2.13 bits per heavy atom. The van der Waals surface area contributed by atoms with Crippen LogP contribution in [-0.4, -0.2) is 11.7 Å². The summed E-state index contributed by atoms with van der Waals surface area (Å²) in [4.78, 5) is 13.0. The number of aryl methyl sites for hydroxylation is 1. The third-order valence-corrected chi connectivity index (χ3v) is 3.65. The summed E-state index contributed by atoms with van der Waals surface area (Å²) >= 11 is 7.27. The van der Waals surface area contributed by atoms with Gasteiger partial charge in [-0.25, -0.2) is 0 Å². The van der Waals surface area contributed by atoms with E-state index in [2.05, 4.69) is 0 Å². The van der Waals surface area contributed by atoms with Crippen molar-refractivity contribution in [2.75, 3.05) is 5.88 Å². The van der Waals surface area contributed by atoms with Gasteiger partial charge in [-0.1, -0.05) is 18.2 Å². The molecule has 0 amide bonds. The number of thiophene rings is 1. The molecule has 1 aromatic carbocycles. The Morgan fingerprint density at radius 3 is 2.87 bits per heavy atom. The van der Waals surface area contributed by atoms with Crippen molar-refractivity contribution in [1.29, 1.82) is 0 Å². The zero-order valence-electron chi connectivity index (χ0n) is 8.42. The zero-order valence-corrected chi connectivity index (χ0v) is 9.99. The molecular weight excluding hydrogens is 228 g/mol. The van der Waals surface area contributed by atoms with E-state index in [-0.39, 0.29) is 5.78 Å². The summed E-state index contributed by atoms with van der Waals surface area (Å²) in [6.07, 6.45) is 0.420. The van der Waals surface area contributed by atoms with E-state index < -0.39 is 0 Å². The standard InChI is InChI=1S/C12H11ClOS/c1-8-12(10(14)6-7-13)9-4-2-3-5-11(9)15-8/h2-5H,6-7H2,1H3.